The molecule has 0 aliphatic heterocycles. The van der Waals surface area contributed by atoms with Crippen LogP contribution in [-0.4, -0.2) is 6.54 Å². The zero-order valence-corrected chi connectivity index (χ0v) is 7.09. The number of hydrogen-bond donors (Lipinski definition) is 2. The van der Waals surface area contributed by atoms with Crippen LogP contribution in [0, 0.1) is 0 Å². The van der Waals surface area contributed by atoms with Crippen LogP contribution in [0.3, 0.4) is 0 Å². The Morgan fingerprint density at radius 3 is 2.58 bits per heavy atom. The largest absolute Gasteiger partial charge is 0.384 e. The lowest BCUT2D eigenvalue weighted by Gasteiger charge is -2.06. The lowest BCUT2D eigenvalue weighted by Crippen LogP contribution is -2.18. The minimum atomic E-state index is 0.493. The third kappa shape index (κ3) is 2.76. The molecule has 0 fully saturated rings. The van der Waals surface area contributed by atoms with Crippen LogP contribution in [-0.2, 0) is 6.54 Å². The van der Waals surface area contributed by atoms with E-state index in [-0.39, 0.29) is 0 Å². The third-order valence-corrected chi connectivity index (χ3v) is 1.63. The van der Waals surface area contributed by atoms with Gasteiger partial charge in [-0.15, -0.1) is 0 Å². The summed E-state index contributed by atoms with van der Waals surface area (Å²) in [6.07, 6.45) is 0. The van der Waals surface area contributed by atoms with Gasteiger partial charge < -0.3 is 11.1 Å². The second-order valence-corrected chi connectivity index (χ2v) is 2.65. The average Bonchev–Trinajstić information content (AvgIpc) is 2.16. The first-order valence-electron chi connectivity index (χ1n) is 3.98. The molecule has 0 heterocycles. The predicted molar refractivity (Wildman–Crippen MR) is 51.5 cm³/mol. The van der Waals surface area contributed by atoms with Gasteiger partial charge in [0.05, 0.1) is 0 Å². The van der Waals surface area contributed by atoms with Gasteiger partial charge in [-0.2, -0.15) is 0 Å². The van der Waals surface area contributed by atoms with Crippen LogP contribution in [0.4, 0.5) is 0 Å². The van der Waals surface area contributed by atoms with Gasteiger partial charge in [0.2, 0.25) is 0 Å². The Labute approximate surface area is 73.1 Å². The van der Waals surface area contributed by atoms with Crippen LogP contribution in [0.25, 0.3) is 0 Å². The molecular formula is C10H14N2. The molecule has 0 aromatic heterocycles. The molecule has 0 aliphatic carbocycles. The van der Waals surface area contributed by atoms with E-state index in [2.05, 4.69) is 24.0 Å². The van der Waals surface area contributed by atoms with Gasteiger partial charge in [-0.25, -0.2) is 0 Å². The summed E-state index contributed by atoms with van der Waals surface area (Å²) in [6.45, 7) is 5.05. The van der Waals surface area contributed by atoms with Crippen molar-refractivity contribution in [3.8, 4) is 0 Å². The number of nitrogens with two attached hydrogens (primary N) is 1. The summed E-state index contributed by atoms with van der Waals surface area (Å²) in [7, 11) is 0. The van der Waals surface area contributed by atoms with Gasteiger partial charge in [0.25, 0.3) is 0 Å². The first-order valence-corrected chi connectivity index (χ1v) is 3.98. The van der Waals surface area contributed by atoms with Gasteiger partial charge in [-0.3, -0.25) is 0 Å². The molecule has 0 atom stereocenters. The van der Waals surface area contributed by atoms with Gasteiger partial charge in [-0.1, -0.05) is 36.9 Å². The maximum absolute atomic E-state index is 5.37. The molecule has 0 radical (unpaired) electrons. The first-order chi connectivity index (χ1) is 5.83. The van der Waals surface area contributed by atoms with E-state index in [1.54, 1.807) is 0 Å². The lowest BCUT2D eigenvalue weighted by molar-refractivity contribution is 0.791. The van der Waals surface area contributed by atoms with Crippen LogP contribution in [0.15, 0.2) is 42.6 Å². The molecular weight excluding hydrogens is 148 g/mol. The van der Waals surface area contributed by atoms with E-state index in [0.717, 1.165) is 12.2 Å². The maximum atomic E-state index is 5.37. The van der Waals surface area contributed by atoms with Crippen LogP contribution >= 0.6 is 0 Å². The Kier molecular flexibility index (Phi) is 3.35. The number of benzene rings is 1. The lowest BCUT2D eigenvalue weighted by atomic mass is 10.2. The Morgan fingerprint density at radius 2 is 2.00 bits per heavy atom. The van der Waals surface area contributed by atoms with Crippen molar-refractivity contribution >= 4 is 0 Å². The summed E-state index contributed by atoms with van der Waals surface area (Å²) >= 11 is 0. The molecule has 0 saturated carbocycles. The SMILES string of the molecule is C=C(CN)NCc1ccccc1. The molecule has 0 bridgehead atoms. The highest BCUT2D eigenvalue weighted by Gasteiger charge is 1.90. The van der Waals surface area contributed by atoms with E-state index in [4.69, 9.17) is 5.73 Å². The third-order valence-electron chi connectivity index (χ3n) is 1.63. The molecule has 2 nitrogen and oxygen atoms in total. The molecule has 1 aromatic rings. The molecule has 1 rings (SSSR count). The summed E-state index contributed by atoms with van der Waals surface area (Å²) in [5.74, 6) is 0. The topological polar surface area (TPSA) is 38.0 Å². The zero-order chi connectivity index (χ0) is 8.81. The highest BCUT2D eigenvalue weighted by Crippen LogP contribution is 1.97. The molecule has 3 N–H and O–H groups in total. The molecule has 12 heavy (non-hydrogen) atoms. The molecule has 64 valence electrons. The average molecular weight is 162 g/mol. The van der Waals surface area contributed by atoms with Gasteiger partial charge in [0, 0.05) is 18.8 Å². The Hall–Kier alpha value is -1.28. The number of rotatable bonds is 4. The van der Waals surface area contributed by atoms with Gasteiger partial charge in [0.1, 0.15) is 0 Å². The zero-order valence-electron chi connectivity index (χ0n) is 7.09. The van der Waals surface area contributed by atoms with Crippen molar-refractivity contribution in [1.82, 2.24) is 5.32 Å². The van der Waals surface area contributed by atoms with Crippen LogP contribution in [0.2, 0.25) is 0 Å². The number of hydrogen-bond acceptors (Lipinski definition) is 2. The van der Waals surface area contributed by atoms with Gasteiger partial charge >= 0.3 is 0 Å². The second kappa shape index (κ2) is 4.57. The molecule has 0 amide bonds. The van der Waals surface area contributed by atoms with Gasteiger partial charge in [0.15, 0.2) is 0 Å². The van der Waals surface area contributed by atoms with Crippen molar-refractivity contribution in [2.24, 2.45) is 5.73 Å². The summed E-state index contributed by atoms with van der Waals surface area (Å²) in [5, 5.41) is 3.13. The van der Waals surface area contributed by atoms with Crippen molar-refractivity contribution in [3.63, 3.8) is 0 Å². The Bertz CT molecular complexity index is 241. The molecule has 0 aliphatic rings. The van der Waals surface area contributed by atoms with Gasteiger partial charge in [-0.05, 0) is 5.56 Å². The fourth-order valence-corrected chi connectivity index (χ4v) is 0.895. The molecule has 1 aromatic carbocycles. The van der Waals surface area contributed by atoms with Crippen molar-refractivity contribution in [2.45, 2.75) is 6.54 Å². The van der Waals surface area contributed by atoms with E-state index in [9.17, 15) is 0 Å². The quantitative estimate of drug-likeness (QED) is 0.699. The van der Waals surface area contributed by atoms with Crippen LogP contribution < -0.4 is 11.1 Å². The predicted octanol–water partition coefficient (Wildman–Crippen LogP) is 1.25. The standard InChI is InChI=1S/C10H14N2/c1-9(7-11)12-8-10-5-3-2-4-6-10/h2-6,12H,1,7-8,11H2. The van der Waals surface area contributed by atoms with Crippen molar-refractivity contribution in [2.75, 3.05) is 6.54 Å². The summed E-state index contributed by atoms with van der Waals surface area (Å²) in [5.41, 5.74) is 7.49. The minimum Gasteiger partial charge on any atom is -0.384 e. The van der Waals surface area contributed by atoms with E-state index in [1.807, 2.05) is 18.2 Å². The fourth-order valence-electron chi connectivity index (χ4n) is 0.895. The molecule has 2 heteroatoms. The van der Waals surface area contributed by atoms with E-state index < -0.39 is 0 Å². The van der Waals surface area contributed by atoms with E-state index >= 15 is 0 Å². The highest BCUT2D eigenvalue weighted by molar-refractivity contribution is 5.15. The first kappa shape index (κ1) is 8.81. The smallest absolute Gasteiger partial charge is 0.0398 e. The van der Waals surface area contributed by atoms with Crippen LogP contribution in [0.5, 0.6) is 0 Å². The molecule has 0 saturated heterocycles. The van der Waals surface area contributed by atoms with E-state index in [0.29, 0.717) is 6.54 Å². The Morgan fingerprint density at radius 1 is 1.33 bits per heavy atom. The monoisotopic (exact) mass is 162 g/mol. The van der Waals surface area contributed by atoms with Crippen LogP contribution in [0.1, 0.15) is 5.56 Å². The fraction of sp³-hybridized carbons (Fsp3) is 0.200. The van der Waals surface area contributed by atoms with Crippen molar-refractivity contribution in [1.29, 1.82) is 0 Å². The molecule has 0 spiro atoms. The van der Waals surface area contributed by atoms with Crippen molar-refractivity contribution in [3.05, 3.63) is 48.2 Å². The van der Waals surface area contributed by atoms with Crippen molar-refractivity contribution < 1.29 is 0 Å². The minimum absolute atomic E-state index is 0.493. The maximum Gasteiger partial charge on any atom is 0.0398 e. The van der Waals surface area contributed by atoms with E-state index in [1.165, 1.54) is 5.56 Å². The summed E-state index contributed by atoms with van der Waals surface area (Å²) in [6, 6.07) is 10.2. The second-order valence-electron chi connectivity index (χ2n) is 2.65. The summed E-state index contributed by atoms with van der Waals surface area (Å²) < 4.78 is 0. The number of nitrogens with one attached hydrogen (secondary N) is 1. The normalized spacial score (nSPS) is 9.42. The summed E-state index contributed by atoms with van der Waals surface area (Å²) in [4.78, 5) is 0. The molecule has 0 unspecified atom stereocenters. The Balaban J connectivity index is 2.38. The highest BCUT2D eigenvalue weighted by atomic mass is 14.9.